The summed E-state index contributed by atoms with van der Waals surface area (Å²) in [6.07, 6.45) is 2.35. The number of benzene rings is 1. The molecule has 0 aromatic heterocycles. The number of nitrogens with one attached hydrogen (secondary N) is 1. The predicted octanol–water partition coefficient (Wildman–Crippen LogP) is 3.47. The first kappa shape index (κ1) is 11.6. The van der Waals surface area contributed by atoms with E-state index in [0.29, 0.717) is 6.04 Å². The van der Waals surface area contributed by atoms with Gasteiger partial charge in [-0.05, 0) is 44.0 Å². The third kappa shape index (κ3) is 3.28. The van der Waals surface area contributed by atoms with Gasteiger partial charge < -0.3 is 5.32 Å². The van der Waals surface area contributed by atoms with Gasteiger partial charge in [0.1, 0.15) is 0 Å². The SMILES string of the molecule is CCCC(C)Nc1ccc(C#N)cc1C. The lowest BCUT2D eigenvalue weighted by Crippen LogP contribution is -2.15. The van der Waals surface area contributed by atoms with Crippen LogP contribution in [0.2, 0.25) is 0 Å². The Morgan fingerprint density at radius 3 is 2.73 bits per heavy atom. The Hall–Kier alpha value is -1.49. The summed E-state index contributed by atoms with van der Waals surface area (Å²) in [5.74, 6) is 0. The first-order chi connectivity index (χ1) is 7.17. The predicted molar refractivity (Wildman–Crippen MR) is 63.9 cm³/mol. The van der Waals surface area contributed by atoms with Crippen molar-refractivity contribution in [2.24, 2.45) is 0 Å². The van der Waals surface area contributed by atoms with Gasteiger partial charge in [0.15, 0.2) is 0 Å². The Labute approximate surface area is 91.9 Å². The van der Waals surface area contributed by atoms with Crippen molar-refractivity contribution in [2.75, 3.05) is 5.32 Å². The standard InChI is InChI=1S/C13H18N2/c1-4-5-11(3)15-13-7-6-12(9-14)8-10(13)2/h6-8,11,15H,4-5H2,1-3H3. The van der Waals surface area contributed by atoms with Crippen molar-refractivity contribution in [3.05, 3.63) is 29.3 Å². The number of nitriles is 1. The number of hydrogen-bond acceptors (Lipinski definition) is 2. The van der Waals surface area contributed by atoms with E-state index in [0.717, 1.165) is 16.8 Å². The van der Waals surface area contributed by atoms with Crippen LogP contribution in [0.4, 0.5) is 5.69 Å². The van der Waals surface area contributed by atoms with Gasteiger partial charge in [0.25, 0.3) is 0 Å². The van der Waals surface area contributed by atoms with Crippen LogP contribution < -0.4 is 5.32 Å². The van der Waals surface area contributed by atoms with E-state index in [2.05, 4.69) is 25.2 Å². The van der Waals surface area contributed by atoms with E-state index in [1.807, 2.05) is 25.1 Å². The summed E-state index contributed by atoms with van der Waals surface area (Å²) >= 11 is 0. The van der Waals surface area contributed by atoms with Crippen LogP contribution in [0.25, 0.3) is 0 Å². The highest BCUT2D eigenvalue weighted by molar-refractivity contribution is 5.54. The first-order valence-corrected chi connectivity index (χ1v) is 5.44. The van der Waals surface area contributed by atoms with Crippen LogP contribution in [-0.2, 0) is 0 Å². The van der Waals surface area contributed by atoms with Crippen LogP contribution in [0.15, 0.2) is 18.2 Å². The maximum Gasteiger partial charge on any atom is 0.0991 e. The van der Waals surface area contributed by atoms with Gasteiger partial charge in [-0.15, -0.1) is 0 Å². The molecule has 0 aliphatic carbocycles. The Morgan fingerprint density at radius 1 is 1.47 bits per heavy atom. The quantitative estimate of drug-likeness (QED) is 0.811. The molecule has 1 rings (SSSR count). The maximum absolute atomic E-state index is 8.75. The molecular weight excluding hydrogens is 184 g/mol. The number of rotatable bonds is 4. The molecule has 2 heteroatoms. The molecule has 0 saturated carbocycles. The monoisotopic (exact) mass is 202 g/mol. The third-order valence-corrected chi connectivity index (χ3v) is 2.48. The average molecular weight is 202 g/mol. The summed E-state index contributed by atoms with van der Waals surface area (Å²) in [4.78, 5) is 0. The highest BCUT2D eigenvalue weighted by Crippen LogP contribution is 2.17. The molecule has 0 saturated heterocycles. The first-order valence-electron chi connectivity index (χ1n) is 5.44. The summed E-state index contributed by atoms with van der Waals surface area (Å²) in [6, 6.07) is 8.39. The molecule has 15 heavy (non-hydrogen) atoms. The van der Waals surface area contributed by atoms with Crippen molar-refractivity contribution >= 4 is 5.69 Å². The van der Waals surface area contributed by atoms with Gasteiger partial charge in [-0.1, -0.05) is 13.3 Å². The smallest absolute Gasteiger partial charge is 0.0991 e. The minimum Gasteiger partial charge on any atom is -0.382 e. The van der Waals surface area contributed by atoms with Crippen molar-refractivity contribution in [1.82, 2.24) is 0 Å². The van der Waals surface area contributed by atoms with Crippen molar-refractivity contribution in [1.29, 1.82) is 5.26 Å². The van der Waals surface area contributed by atoms with Gasteiger partial charge in [-0.25, -0.2) is 0 Å². The Bertz CT molecular complexity index is 363. The van der Waals surface area contributed by atoms with Gasteiger partial charge in [-0.2, -0.15) is 5.26 Å². The topological polar surface area (TPSA) is 35.8 Å². The molecule has 1 unspecified atom stereocenters. The maximum atomic E-state index is 8.75. The van der Waals surface area contributed by atoms with Crippen molar-refractivity contribution in [2.45, 2.75) is 39.7 Å². The Morgan fingerprint density at radius 2 is 2.20 bits per heavy atom. The van der Waals surface area contributed by atoms with E-state index >= 15 is 0 Å². The Kier molecular flexibility index (Phi) is 4.17. The summed E-state index contributed by atoms with van der Waals surface area (Å²) in [6.45, 7) is 6.40. The zero-order valence-electron chi connectivity index (χ0n) is 9.67. The molecule has 1 aromatic carbocycles. The van der Waals surface area contributed by atoms with E-state index in [1.54, 1.807) is 0 Å². The summed E-state index contributed by atoms with van der Waals surface area (Å²) in [5.41, 5.74) is 2.99. The number of nitrogens with zero attached hydrogens (tertiary/aromatic N) is 1. The summed E-state index contributed by atoms with van der Waals surface area (Å²) < 4.78 is 0. The third-order valence-electron chi connectivity index (χ3n) is 2.48. The zero-order chi connectivity index (χ0) is 11.3. The largest absolute Gasteiger partial charge is 0.382 e. The normalized spacial score (nSPS) is 11.9. The second-order valence-corrected chi connectivity index (χ2v) is 3.98. The molecule has 0 spiro atoms. The van der Waals surface area contributed by atoms with Crippen LogP contribution in [0, 0.1) is 18.3 Å². The lowest BCUT2D eigenvalue weighted by molar-refractivity contribution is 0.690. The molecule has 80 valence electrons. The van der Waals surface area contributed by atoms with E-state index in [4.69, 9.17) is 5.26 Å². The second kappa shape index (κ2) is 5.41. The van der Waals surface area contributed by atoms with Gasteiger partial charge >= 0.3 is 0 Å². The molecule has 0 bridgehead atoms. The summed E-state index contributed by atoms with van der Waals surface area (Å²) in [5, 5.41) is 12.2. The van der Waals surface area contributed by atoms with Crippen molar-refractivity contribution < 1.29 is 0 Å². The van der Waals surface area contributed by atoms with Crippen molar-refractivity contribution in [3.8, 4) is 6.07 Å². The van der Waals surface area contributed by atoms with E-state index < -0.39 is 0 Å². The van der Waals surface area contributed by atoms with Crippen LogP contribution in [-0.4, -0.2) is 6.04 Å². The molecular formula is C13H18N2. The van der Waals surface area contributed by atoms with Gasteiger partial charge in [-0.3, -0.25) is 0 Å². The van der Waals surface area contributed by atoms with Crippen LogP contribution in [0.5, 0.6) is 0 Å². The zero-order valence-corrected chi connectivity index (χ0v) is 9.67. The molecule has 0 heterocycles. The van der Waals surface area contributed by atoms with Crippen LogP contribution in [0.3, 0.4) is 0 Å². The fraction of sp³-hybridized carbons (Fsp3) is 0.462. The second-order valence-electron chi connectivity index (χ2n) is 3.98. The lowest BCUT2D eigenvalue weighted by atomic mass is 10.1. The molecule has 1 atom stereocenters. The molecule has 1 N–H and O–H groups in total. The van der Waals surface area contributed by atoms with Crippen LogP contribution in [0.1, 0.15) is 37.8 Å². The highest BCUT2D eigenvalue weighted by atomic mass is 14.9. The molecule has 0 aliphatic heterocycles. The minimum absolute atomic E-state index is 0.488. The van der Waals surface area contributed by atoms with E-state index in [9.17, 15) is 0 Å². The van der Waals surface area contributed by atoms with Gasteiger partial charge in [0, 0.05) is 11.7 Å². The fourth-order valence-electron chi connectivity index (χ4n) is 1.67. The molecule has 2 nitrogen and oxygen atoms in total. The molecule has 0 amide bonds. The summed E-state index contributed by atoms with van der Waals surface area (Å²) in [7, 11) is 0. The van der Waals surface area contributed by atoms with Gasteiger partial charge in [0.2, 0.25) is 0 Å². The lowest BCUT2D eigenvalue weighted by Gasteiger charge is -2.16. The molecule has 1 aromatic rings. The van der Waals surface area contributed by atoms with E-state index in [1.165, 1.54) is 12.8 Å². The number of hydrogen-bond donors (Lipinski definition) is 1. The Balaban J connectivity index is 2.74. The average Bonchev–Trinajstić information content (AvgIpc) is 2.21. The fourth-order valence-corrected chi connectivity index (χ4v) is 1.67. The molecule has 0 aliphatic rings. The number of aryl methyl sites for hydroxylation is 1. The van der Waals surface area contributed by atoms with E-state index in [-0.39, 0.29) is 0 Å². The molecule has 0 fully saturated rings. The highest BCUT2D eigenvalue weighted by Gasteiger charge is 2.03. The van der Waals surface area contributed by atoms with Crippen molar-refractivity contribution in [3.63, 3.8) is 0 Å². The minimum atomic E-state index is 0.488. The van der Waals surface area contributed by atoms with Gasteiger partial charge in [0.05, 0.1) is 11.6 Å². The number of anilines is 1. The molecule has 0 radical (unpaired) electrons. The van der Waals surface area contributed by atoms with Crippen LogP contribution >= 0.6 is 0 Å².